The smallest absolute Gasteiger partial charge is 0.407 e. The third kappa shape index (κ3) is 2.13. The van der Waals surface area contributed by atoms with Crippen LogP contribution in [0.25, 0.3) is 0 Å². The lowest BCUT2D eigenvalue weighted by molar-refractivity contribution is 0.103. The Bertz CT molecular complexity index is 157. The molecule has 3 nitrogen and oxygen atoms in total. The molecule has 0 aromatic carbocycles. The van der Waals surface area contributed by atoms with Gasteiger partial charge < -0.3 is 10.0 Å². The number of carbonyl (C=O) groups is 1. The summed E-state index contributed by atoms with van der Waals surface area (Å²) in [4.78, 5) is 12.4. The summed E-state index contributed by atoms with van der Waals surface area (Å²) in [5, 5.41) is 8.86. The molecule has 0 aliphatic carbocycles. The van der Waals surface area contributed by atoms with Gasteiger partial charge in [0.15, 0.2) is 0 Å². The van der Waals surface area contributed by atoms with Crippen molar-refractivity contribution in [2.45, 2.75) is 45.1 Å². The van der Waals surface area contributed by atoms with Gasteiger partial charge >= 0.3 is 6.09 Å². The maximum absolute atomic E-state index is 10.8. The van der Waals surface area contributed by atoms with Gasteiger partial charge in [-0.2, -0.15) is 0 Å². The Morgan fingerprint density at radius 3 is 2.92 bits per heavy atom. The van der Waals surface area contributed by atoms with Crippen LogP contribution in [0.4, 0.5) is 4.79 Å². The molecule has 0 bridgehead atoms. The fourth-order valence-electron chi connectivity index (χ4n) is 1.89. The molecule has 1 aliphatic heterocycles. The molecule has 1 unspecified atom stereocenters. The maximum Gasteiger partial charge on any atom is 0.407 e. The summed E-state index contributed by atoms with van der Waals surface area (Å²) in [6.45, 7) is 2.84. The van der Waals surface area contributed by atoms with E-state index in [4.69, 9.17) is 5.11 Å². The van der Waals surface area contributed by atoms with E-state index in [1.54, 1.807) is 4.90 Å². The Kier molecular flexibility index (Phi) is 3.38. The van der Waals surface area contributed by atoms with Crippen LogP contribution in [-0.2, 0) is 0 Å². The van der Waals surface area contributed by atoms with Gasteiger partial charge in [-0.25, -0.2) is 4.79 Å². The molecule has 1 saturated heterocycles. The van der Waals surface area contributed by atoms with Crippen LogP contribution in [0.2, 0.25) is 0 Å². The average Bonchev–Trinajstić information content (AvgIpc) is 2.05. The molecule has 3 heteroatoms. The van der Waals surface area contributed by atoms with E-state index >= 15 is 0 Å². The summed E-state index contributed by atoms with van der Waals surface area (Å²) < 4.78 is 0. The fraction of sp³-hybridized carbons (Fsp3) is 0.889. The second kappa shape index (κ2) is 4.33. The van der Waals surface area contributed by atoms with E-state index < -0.39 is 6.09 Å². The number of nitrogens with zero attached hydrogens (tertiary/aromatic N) is 1. The van der Waals surface area contributed by atoms with Crippen LogP contribution in [-0.4, -0.2) is 28.7 Å². The summed E-state index contributed by atoms with van der Waals surface area (Å²) >= 11 is 0. The first-order valence-electron chi connectivity index (χ1n) is 4.75. The molecule has 1 rings (SSSR count). The molecule has 0 aromatic rings. The van der Waals surface area contributed by atoms with E-state index in [9.17, 15) is 4.79 Å². The lowest BCUT2D eigenvalue weighted by Gasteiger charge is -2.33. The number of likely N-dealkylation sites (tertiary alicyclic amines) is 1. The van der Waals surface area contributed by atoms with Crippen molar-refractivity contribution >= 4 is 6.09 Å². The zero-order chi connectivity index (χ0) is 8.97. The zero-order valence-electron chi connectivity index (χ0n) is 7.62. The van der Waals surface area contributed by atoms with Gasteiger partial charge in [-0.3, -0.25) is 0 Å². The minimum absolute atomic E-state index is 0.293. The molecule has 70 valence electrons. The van der Waals surface area contributed by atoms with Gasteiger partial charge in [0.25, 0.3) is 0 Å². The number of carboxylic acid groups (broad SMARTS) is 1. The third-order valence-electron chi connectivity index (χ3n) is 2.49. The highest BCUT2D eigenvalue weighted by molar-refractivity contribution is 5.65. The Hall–Kier alpha value is -0.730. The monoisotopic (exact) mass is 171 g/mol. The van der Waals surface area contributed by atoms with Crippen molar-refractivity contribution in [3.05, 3.63) is 0 Å². The Morgan fingerprint density at radius 2 is 2.33 bits per heavy atom. The van der Waals surface area contributed by atoms with Gasteiger partial charge in [0.2, 0.25) is 0 Å². The molecule has 1 atom stereocenters. The van der Waals surface area contributed by atoms with Crippen LogP contribution in [0.5, 0.6) is 0 Å². The lowest BCUT2D eigenvalue weighted by atomic mass is 9.99. The van der Waals surface area contributed by atoms with Gasteiger partial charge in [-0.15, -0.1) is 0 Å². The van der Waals surface area contributed by atoms with Crippen LogP contribution >= 0.6 is 0 Å². The van der Waals surface area contributed by atoms with E-state index in [2.05, 4.69) is 6.92 Å². The summed E-state index contributed by atoms with van der Waals surface area (Å²) in [7, 11) is 0. The summed E-state index contributed by atoms with van der Waals surface area (Å²) in [5.41, 5.74) is 0. The molecule has 1 heterocycles. The largest absolute Gasteiger partial charge is 0.465 e. The topological polar surface area (TPSA) is 40.5 Å². The Labute approximate surface area is 73.4 Å². The quantitative estimate of drug-likeness (QED) is 0.692. The van der Waals surface area contributed by atoms with Crippen molar-refractivity contribution in [2.75, 3.05) is 6.54 Å². The first kappa shape index (κ1) is 9.36. The molecule has 1 fully saturated rings. The van der Waals surface area contributed by atoms with Gasteiger partial charge in [0.05, 0.1) is 0 Å². The van der Waals surface area contributed by atoms with Crippen molar-refractivity contribution in [3.63, 3.8) is 0 Å². The molecule has 0 saturated carbocycles. The van der Waals surface area contributed by atoms with Crippen molar-refractivity contribution in [1.29, 1.82) is 0 Å². The predicted octanol–water partition coefficient (Wildman–Crippen LogP) is 2.32. The van der Waals surface area contributed by atoms with Gasteiger partial charge in [0.1, 0.15) is 0 Å². The Morgan fingerprint density at radius 1 is 1.58 bits per heavy atom. The minimum atomic E-state index is -0.742. The predicted molar refractivity (Wildman–Crippen MR) is 47.3 cm³/mol. The Balaban J connectivity index is 2.48. The van der Waals surface area contributed by atoms with Gasteiger partial charge in [-0.05, 0) is 25.7 Å². The highest BCUT2D eigenvalue weighted by atomic mass is 16.4. The summed E-state index contributed by atoms with van der Waals surface area (Å²) in [6.07, 6.45) is 4.63. The second-order valence-corrected chi connectivity index (χ2v) is 3.41. The molecular weight excluding hydrogens is 154 g/mol. The molecule has 0 spiro atoms. The average molecular weight is 171 g/mol. The van der Waals surface area contributed by atoms with Crippen molar-refractivity contribution in [2.24, 2.45) is 0 Å². The van der Waals surface area contributed by atoms with E-state index in [1.165, 1.54) is 6.42 Å². The summed E-state index contributed by atoms with van der Waals surface area (Å²) in [6, 6.07) is 0.293. The summed E-state index contributed by atoms with van der Waals surface area (Å²) in [5.74, 6) is 0. The molecule has 1 amide bonds. The third-order valence-corrected chi connectivity index (χ3v) is 2.49. The number of hydrogen-bond acceptors (Lipinski definition) is 1. The maximum atomic E-state index is 10.8. The van der Waals surface area contributed by atoms with Crippen molar-refractivity contribution < 1.29 is 9.90 Å². The van der Waals surface area contributed by atoms with Crippen LogP contribution in [0.3, 0.4) is 0 Å². The minimum Gasteiger partial charge on any atom is -0.465 e. The molecule has 1 N–H and O–H groups in total. The van der Waals surface area contributed by atoms with Gasteiger partial charge in [-0.1, -0.05) is 13.3 Å². The molecule has 12 heavy (non-hydrogen) atoms. The highest BCUT2D eigenvalue weighted by Gasteiger charge is 2.24. The lowest BCUT2D eigenvalue weighted by Crippen LogP contribution is -2.42. The van der Waals surface area contributed by atoms with E-state index in [0.717, 1.165) is 32.2 Å². The van der Waals surface area contributed by atoms with Crippen LogP contribution in [0.1, 0.15) is 39.0 Å². The highest BCUT2D eigenvalue weighted by Crippen LogP contribution is 2.20. The fourth-order valence-corrected chi connectivity index (χ4v) is 1.89. The first-order chi connectivity index (χ1) is 5.75. The van der Waals surface area contributed by atoms with Gasteiger partial charge in [0, 0.05) is 12.6 Å². The molecule has 1 aliphatic rings. The zero-order valence-corrected chi connectivity index (χ0v) is 7.62. The van der Waals surface area contributed by atoms with Crippen molar-refractivity contribution in [3.8, 4) is 0 Å². The standard InChI is InChI=1S/C9H17NO2/c1-2-5-8-6-3-4-7-10(8)9(11)12/h8H,2-7H2,1H3,(H,11,12). The first-order valence-corrected chi connectivity index (χ1v) is 4.75. The van der Waals surface area contributed by atoms with E-state index in [1.807, 2.05) is 0 Å². The van der Waals surface area contributed by atoms with E-state index in [-0.39, 0.29) is 0 Å². The van der Waals surface area contributed by atoms with Crippen molar-refractivity contribution in [1.82, 2.24) is 4.90 Å². The van der Waals surface area contributed by atoms with Crippen LogP contribution in [0.15, 0.2) is 0 Å². The molecule has 0 radical (unpaired) electrons. The molecule has 0 aromatic heterocycles. The van der Waals surface area contributed by atoms with Crippen LogP contribution < -0.4 is 0 Å². The van der Waals surface area contributed by atoms with E-state index in [0.29, 0.717) is 6.04 Å². The number of amides is 1. The number of hydrogen-bond donors (Lipinski definition) is 1. The molecular formula is C9H17NO2. The second-order valence-electron chi connectivity index (χ2n) is 3.41. The number of piperidine rings is 1. The SMILES string of the molecule is CCCC1CCCCN1C(=O)O. The normalized spacial score (nSPS) is 24.1. The number of rotatable bonds is 2. The van der Waals surface area contributed by atoms with Crippen LogP contribution in [0, 0.1) is 0 Å².